The van der Waals surface area contributed by atoms with Gasteiger partial charge in [-0.3, -0.25) is 4.79 Å². The van der Waals surface area contributed by atoms with Crippen LogP contribution < -0.4 is 15.4 Å². The van der Waals surface area contributed by atoms with Gasteiger partial charge in [0, 0.05) is 29.5 Å². The minimum absolute atomic E-state index is 0.148. The molecule has 0 aromatic heterocycles. The van der Waals surface area contributed by atoms with E-state index in [9.17, 15) is 9.18 Å². The van der Waals surface area contributed by atoms with E-state index >= 15 is 0 Å². The van der Waals surface area contributed by atoms with Crippen molar-refractivity contribution in [1.82, 2.24) is 0 Å². The van der Waals surface area contributed by atoms with Crippen molar-refractivity contribution >= 4 is 17.3 Å². The summed E-state index contributed by atoms with van der Waals surface area (Å²) in [4.78, 5) is 12.2. The number of carbonyl (C=O) groups excluding carboxylic acids is 1. The number of hydrogen-bond donors (Lipinski definition) is 2. The van der Waals surface area contributed by atoms with Gasteiger partial charge < -0.3 is 15.4 Å². The Morgan fingerprint density at radius 3 is 2.90 bits per heavy atom. The van der Waals surface area contributed by atoms with E-state index in [0.717, 1.165) is 18.7 Å². The number of hydrogen-bond acceptors (Lipinski definition) is 3. The normalized spacial score (nSPS) is 12.5. The molecule has 3 rings (SSSR count). The zero-order chi connectivity index (χ0) is 14.8. The first-order valence-electron chi connectivity index (χ1n) is 6.69. The molecule has 108 valence electrons. The molecular weight excluding hydrogens is 271 g/mol. The Morgan fingerprint density at radius 1 is 1.29 bits per heavy atom. The summed E-state index contributed by atoms with van der Waals surface area (Å²) in [5.41, 5.74) is 3.14. The first-order valence-corrected chi connectivity index (χ1v) is 6.69. The molecule has 5 heteroatoms. The van der Waals surface area contributed by atoms with Crippen molar-refractivity contribution in [2.24, 2.45) is 0 Å². The van der Waals surface area contributed by atoms with E-state index in [4.69, 9.17) is 4.74 Å². The van der Waals surface area contributed by atoms with Gasteiger partial charge in [0.05, 0.1) is 7.11 Å². The number of carbonyl (C=O) groups is 1. The van der Waals surface area contributed by atoms with Crippen molar-refractivity contribution in [3.8, 4) is 5.75 Å². The van der Waals surface area contributed by atoms with Gasteiger partial charge in [0.2, 0.25) is 0 Å². The Balaban J connectivity index is 1.78. The van der Waals surface area contributed by atoms with Gasteiger partial charge in [-0.05, 0) is 36.2 Å². The van der Waals surface area contributed by atoms with Crippen LogP contribution in [-0.4, -0.2) is 19.6 Å². The Bertz CT molecular complexity index is 701. The molecule has 4 nitrogen and oxygen atoms in total. The third kappa shape index (κ3) is 2.67. The fourth-order valence-electron chi connectivity index (χ4n) is 2.38. The third-order valence-corrected chi connectivity index (χ3v) is 3.49. The van der Waals surface area contributed by atoms with Crippen LogP contribution in [-0.2, 0) is 6.42 Å². The van der Waals surface area contributed by atoms with Gasteiger partial charge in [0.15, 0.2) is 11.6 Å². The second-order valence-corrected chi connectivity index (χ2v) is 4.85. The van der Waals surface area contributed by atoms with Crippen LogP contribution in [0.2, 0.25) is 0 Å². The number of anilines is 2. The van der Waals surface area contributed by atoms with Gasteiger partial charge in [-0.1, -0.05) is 6.07 Å². The summed E-state index contributed by atoms with van der Waals surface area (Å²) >= 11 is 0. The van der Waals surface area contributed by atoms with Gasteiger partial charge in [0.25, 0.3) is 5.91 Å². The van der Waals surface area contributed by atoms with Crippen LogP contribution in [0.25, 0.3) is 0 Å². The highest BCUT2D eigenvalue weighted by molar-refractivity contribution is 6.05. The predicted molar refractivity (Wildman–Crippen MR) is 79.5 cm³/mol. The zero-order valence-corrected chi connectivity index (χ0v) is 11.6. The maximum absolute atomic E-state index is 13.6. The lowest BCUT2D eigenvalue weighted by molar-refractivity contribution is 0.102. The van der Waals surface area contributed by atoms with Gasteiger partial charge in [0.1, 0.15) is 0 Å². The van der Waals surface area contributed by atoms with Crippen LogP contribution in [0.1, 0.15) is 15.9 Å². The molecule has 0 unspecified atom stereocenters. The lowest BCUT2D eigenvalue weighted by atomic mass is 10.1. The van der Waals surface area contributed by atoms with Gasteiger partial charge in [-0.25, -0.2) is 4.39 Å². The molecule has 1 heterocycles. The van der Waals surface area contributed by atoms with Crippen LogP contribution >= 0.6 is 0 Å². The van der Waals surface area contributed by atoms with Crippen molar-refractivity contribution < 1.29 is 13.9 Å². The lowest BCUT2D eigenvalue weighted by Gasteiger charge is -2.08. The number of ether oxygens (including phenoxy) is 1. The van der Waals surface area contributed by atoms with Crippen molar-refractivity contribution in [3.05, 3.63) is 53.3 Å². The first kappa shape index (κ1) is 13.4. The van der Waals surface area contributed by atoms with Gasteiger partial charge in [-0.2, -0.15) is 0 Å². The van der Waals surface area contributed by atoms with Gasteiger partial charge >= 0.3 is 0 Å². The summed E-state index contributed by atoms with van der Waals surface area (Å²) in [7, 11) is 1.40. The molecule has 0 saturated carbocycles. The summed E-state index contributed by atoms with van der Waals surface area (Å²) < 4.78 is 18.4. The quantitative estimate of drug-likeness (QED) is 0.911. The molecule has 0 aliphatic carbocycles. The number of benzene rings is 2. The molecule has 0 saturated heterocycles. The monoisotopic (exact) mass is 286 g/mol. The molecule has 2 aromatic rings. The average Bonchev–Trinajstić information content (AvgIpc) is 2.94. The van der Waals surface area contributed by atoms with E-state index in [0.29, 0.717) is 11.3 Å². The number of amides is 1. The minimum Gasteiger partial charge on any atom is -0.494 e. The van der Waals surface area contributed by atoms with E-state index in [2.05, 4.69) is 10.6 Å². The highest BCUT2D eigenvalue weighted by Crippen LogP contribution is 2.24. The summed E-state index contributed by atoms with van der Waals surface area (Å²) in [6.07, 6.45) is 0.973. The molecule has 1 amide bonds. The fraction of sp³-hybridized carbons (Fsp3) is 0.188. The number of fused-ring (bicyclic) bond motifs is 1. The molecule has 1 aliphatic rings. The van der Waals surface area contributed by atoms with Crippen molar-refractivity contribution in [1.29, 1.82) is 0 Å². The number of nitrogens with one attached hydrogen (secondary N) is 2. The zero-order valence-electron chi connectivity index (χ0n) is 11.6. The highest BCUT2D eigenvalue weighted by atomic mass is 19.1. The Labute approximate surface area is 121 Å². The van der Waals surface area contributed by atoms with E-state index in [-0.39, 0.29) is 11.7 Å². The van der Waals surface area contributed by atoms with Crippen LogP contribution in [0.4, 0.5) is 15.8 Å². The standard InChI is InChI=1S/C16H15FN2O2/c1-21-15-5-4-12(9-13(15)17)19-16(20)11-3-2-10-6-7-18-14(10)8-11/h2-5,8-9,18H,6-7H2,1H3,(H,19,20). The minimum atomic E-state index is -0.508. The Hall–Kier alpha value is -2.56. The molecule has 0 bridgehead atoms. The second kappa shape index (κ2) is 5.44. The molecular formula is C16H15FN2O2. The summed E-state index contributed by atoms with van der Waals surface area (Å²) in [5.74, 6) is -0.628. The van der Waals surface area contributed by atoms with Crippen molar-refractivity contribution in [3.63, 3.8) is 0 Å². The maximum Gasteiger partial charge on any atom is 0.255 e. The van der Waals surface area contributed by atoms with E-state index in [1.54, 1.807) is 12.1 Å². The number of halogens is 1. The second-order valence-electron chi connectivity index (χ2n) is 4.85. The predicted octanol–water partition coefficient (Wildman–Crippen LogP) is 3.05. The molecule has 21 heavy (non-hydrogen) atoms. The topological polar surface area (TPSA) is 50.4 Å². The largest absolute Gasteiger partial charge is 0.494 e. The van der Waals surface area contributed by atoms with E-state index < -0.39 is 5.82 Å². The number of rotatable bonds is 3. The average molecular weight is 286 g/mol. The Morgan fingerprint density at radius 2 is 2.14 bits per heavy atom. The number of methoxy groups -OCH3 is 1. The fourth-order valence-corrected chi connectivity index (χ4v) is 2.38. The maximum atomic E-state index is 13.6. The van der Waals surface area contributed by atoms with Crippen molar-refractivity contribution in [2.45, 2.75) is 6.42 Å². The van der Waals surface area contributed by atoms with Crippen LogP contribution in [0.5, 0.6) is 5.75 Å². The first-order chi connectivity index (χ1) is 10.2. The molecule has 0 radical (unpaired) electrons. The van der Waals surface area contributed by atoms with Gasteiger partial charge in [-0.15, -0.1) is 0 Å². The molecule has 0 atom stereocenters. The molecule has 2 aromatic carbocycles. The molecule has 1 aliphatic heterocycles. The molecule has 0 spiro atoms. The van der Waals surface area contributed by atoms with Crippen LogP contribution in [0.15, 0.2) is 36.4 Å². The Kier molecular flexibility index (Phi) is 3.48. The summed E-state index contributed by atoms with van der Waals surface area (Å²) in [6, 6.07) is 9.86. The molecule has 0 fully saturated rings. The van der Waals surface area contributed by atoms with E-state index in [1.807, 2.05) is 12.1 Å². The summed E-state index contributed by atoms with van der Waals surface area (Å²) in [5, 5.41) is 5.91. The van der Waals surface area contributed by atoms with E-state index in [1.165, 1.54) is 24.8 Å². The highest BCUT2D eigenvalue weighted by Gasteiger charge is 2.14. The SMILES string of the molecule is COc1ccc(NC(=O)c2ccc3c(c2)NCC3)cc1F. The van der Waals surface area contributed by atoms with Crippen LogP contribution in [0.3, 0.4) is 0 Å². The lowest BCUT2D eigenvalue weighted by Crippen LogP contribution is -2.12. The summed E-state index contributed by atoms with van der Waals surface area (Å²) in [6.45, 7) is 0.893. The molecule has 2 N–H and O–H groups in total. The smallest absolute Gasteiger partial charge is 0.255 e. The third-order valence-electron chi connectivity index (χ3n) is 3.49. The van der Waals surface area contributed by atoms with Crippen molar-refractivity contribution in [2.75, 3.05) is 24.3 Å². The van der Waals surface area contributed by atoms with Crippen LogP contribution in [0, 0.1) is 5.82 Å².